The molecule has 6 heteroatoms. The van der Waals surface area contributed by atoms with E-state index in [4.69, 9.17) is 11.6 Å². The van der Waals surface area contributed by atoms with Gasteiger partial charge in [0.15, 0.2) is 0 Å². The number of hydrogen-bond acceptors (Lipinski definition) is 3. The van der Waals surface area contributed by atoms with E-state index < -0.39 is 0 Å². The molecule has 134 valence electrons. The molecule has 0 radical (unpaired) electrons. The lowest BCUT2D eigenvalue weighted by atomic mass is 10.0. The number of anilines is 2. The summed E-state index contributed by atoms with van der Waals surface area (Å²) in [6.07, 6.45) is 2.06. The van der Waals surface area contributed by atoms with Crippen molar-refractivity contribution in [2.75, 3.05) is 23.8 Å². The summed E-state index contributed by atoms with van der Waals surface area (Å²) >= 11 is 6.12. The van der Waals surface area contributed by atoms with Crippen molar-refractivity contribution in [3.8, 4) is 0 Å². The number of rotatable bonds is 2. The van der Waals surface area contributed by atoms with Gasteiger partial charge in [-0.1, -0.05) is 17.7 Å². The van der Waals surface area contributed by atoms with Crippen LogP contribution in [0.25, 0.3) is 0 Å². The molecule has 1 atom stereocenters. The molecule has 0 unspecified atom stereocenters. The Kier molecular flexibility index (Phi) is 4.11. The predicted molar refractivity (Wildman–Crippen MR) is 103 cm³/mol. The van der Waals surface area contributed by atoms with Gasteiger partial charge in [-0.05, 0) is 55.7 Å². The van der Waals surface area contributed by atoms with Crippen LogP contribution in [0, 0.1) is 6.92 Å². The highest BCUT2D eigenvalue weighted by Crippen LogP contribution is 2.35. The van der Waals surface area contributed by atoms with E-state index in [9.17, 15) is 9.59 Å². The summed E-state index contributed by atoms with van der Waals surface area (Å²) in [5.41, 5.74) is 3.59. The minimum atomic E-state index is -0.220. The van der Waals surface area contributed by atoms with Crippen LogP contribution in [0.1, 0.15) is 39.1 Å². The largest absolute Gasteiger partial charge is 0.354 e. The molecule has 2 aliphatic heterocycles. The van der Waals surface area contributed by atoms with E-state index >= 15 is 0 Å². The fourth-order valence-corrected chi connectivity index (χ4v) is 3.90. The Morgan fingerprint density at radius 2 is 2.04 bits per heavy atom. The average molecular weight is 370 g/mol. The molecule has 4 rings (SSSR count). The second kappa shape index (κ2) is 6.32. The molecular formula is C20H20ClN3O2. The summed E-state index contributed by atoms with van der Waals surface area (Å²) in [5, 5.41) is 3.48. The normalized spacial score (nSPS) is 18.6. The molecule has 1 saturated heterocycles. The minimum Gasteiger partial charge on any atom is -0.354 e. The van der Waals surface area contributed by atoms with Crippen LogP contribution in [0.15, 0.2) is 36.4 Å². The van der Waals surface area contributed by atoms with Crippen LogP contribution >= 0.6 is 11.6 Å². The Morgan fingerprint density at radius 1 is 1.23 bits per heavy atom. The highest BCUT2D eigenvalue weighted by Gasteiger charge is 2.38. The quantitative estimate of drug-likeness (QED) is 0.873. The third-order valence-electron chi connectivity index (χ3n) is 5.23. The number of hydrogen-bond donors (Lipinski definition) is 1. The summed E-state index contributed by atoms with van der Waals surface area (Å²) in [7, 11) is 1.98. The maximum Gasteiger partial charge on any atom is 0.257 e. The first kappa shape index (κ1) is 16.9. The first-order valence-corrected chi connectivity index (χ1v) is 9.09. The van der Waals surface area contributed by atoms with Gasteiger partial charge in [-0.3, -0.25) is 9.59 Å². The van der Waals surface area contributed by atoms with E-state index in [0.717, 1.165) is 30.6 Å². The Balaban J connectivity index is 1.62. The number of fused-ring (bicyclic) bond motifs is 2. The Bertz CT molecular complexity index is 912. The van der Waals surface area contributed by atoms with Gasteiger partial charge in [0.2, 0.25) is 0 Å². The number of nitrogens with one attached hydrogen (secondary N) is 1. The van der Waals surface area contributed by atoms with Gasteiger partial charge in [-0.2, -0.15) is 0 Å². The van der Waals surface area contributed by atoms with E-state index in [0.29, 0.717) is 21.8 Å². The van der Waals surface area contributed by atoms with E-state index in [-0.39, 0.29) is 18.0 Å². The standard InChI is InChI=1S/C20H20ClN3O2/c1-12-5-7-14(11-16(12)21)22-19(25)13-6-8-15-17(10-13)23(2)18-4-3-9-24(18)20(15)26/h5-8,10-11,18H,3-4,9H2,1-2H3,(H,22,25)/t18-/m1/s1. The van der Waals surface area contributed by atoms with Gasteiger partial charge < -0.3 is 15.1 Å². The molecule has 5 nitrogen and oxygen atoms in total. The molecule has 2 aliphatic rings. The Hall–Kier alpha value is -2.53. The number of halogens is 1. The maximum absolute atomic E-state index is 12.7. The van der Waals surface area contributed by atoms with Gasteiger partial charge in [0, 0.05) is 29.9 Å². The zero-order valence-electron chi connectivity index (χ0n) is 14.8. The molecule has 1 N–H and O–H groups in total. The summed E-state index contributed by atoms with van der Waals surface area (Å²) in [5.74, 6) is -0.166. The predicted octanol–water partition coefficient (Wildman–Crippen LogP) is 3.91. The molecule has 0 spiro atoms. The van der Waals surface area contributed by atoms with Crippen molar-refractivity contribution in [3.63, 3.8) is 0 Å². The van der Waals surface area contributed by atoms with Crippen LogP contribution in [0.5, 0.6) is 0 Å². The third-order valence-corrected chi connectivity index (χ3v) is 5.64. The van der Waals surface area contributed by atoms with Crippen LogP contribution in [-0.2, 0) is 0 Å². The lowest BCUT2D eigenvalue weighted by Gasteiger charge is -2.40. The van der Waals surface area contributed by atoms with Gasteiger partial charge >= 0.3 is 0 Å². The zero-order chi connectivity index (χ0) is 18.4. The van der Waals surface area contributed by atoms with Crippen molar-refractivity contribution >= 4 is 34.8 Å². The summed E-state index contributed by atoms with van der Waals surface area (Å²) in [6.45, 7) is 2.71. The number of carbonyl (C=O) groups excluding carboxylic acids is 2. The van der Waals surface area contributed by atoms with Crippen molar-refractivity contribution in [1.82, 2.24) is 4.90 Å². The van der Waals surface area contributed by atoms with Crippen molar-refractivity contribution in [2.24, 2.45) is 0 Å². The molecule has 2 aromatic rings. The topological polar surface area (TPSA) is 52.7 Å². The van der Waals surface area contributed by atoms with Gasteiger partial charge in [0.25, 0.3) is 11.8 Å². The number of aryl methyl sites for hydroxylation is 1. The molecule has 0 aromatic heterocycles. The monoisotopic (exact) mass is 369 g/mol. The zero-order valence-corrected chi connectivity index (χ0v) is 15.5. The molecule has 1 fully saturated rings. The lowest BCUT2D eigenvalue weighted by Crippen LogP contribution is -2.50. The molecular weight excluding hydrogens is 350 g/mol. The highest BCUT2D eigenvalue weighted by atomic mass is 35.5. The smallest absolute Gasteiger partial charge is 0.257 e. The highest BCUT2D eigenvalue weighted by molar-refractivity contribution is 6.31. The third kappa shape index (κ3) is 2.72. The van der Waals surface area contributed by atoms with Crippen molar-refractivity contribution in [1.29, 1.82) is 0 Å². The molecule has 2 aromatic carbocycles. The Labute approximate surface area is 157 Å². The van der Waals surface area contributed by atoms with E-state index in [2.05, 4.69) is 10.2 Å². The van der Waals surface area contributed by atoms with Gasteiger partial charge in [0.1, 0.15) is 6.17 Å². The van der Waals surface area contributed by atoms with Crippen LogP contribution in [0.3, 0.4) is 0 Å². The number of amides is 2. The first-order chi connectivity index (χ1) is 12.5. The lowest BCUT2D eigenvalue weighted by molar-refractivity contribution is 0.0719. The second-order valence-corrected chi connectivity index (χ2v) is 7.29. The number of carbonyl (C=O) groups is 2. The van der Waals surface area contributed by atoms with Crippen LogP contribution < -0.4 is 10.2 Å². The number of benzene rings is 2. The Morgan fingerprint density at radius 3 is 2.81 bits per heavy atom. The average Bonchev–Trinajstić information content (AvgIpc) is 3.12. The summed E-state index contributed by atoms with van der Waals surface area (Å²) in [6, 6.07) is 10.7. The van der Waals surface area contributed by atoms with Crippen LogP contribution in [-0.4, -0.2) is 36.5 Å². The van der Waals surface area contributed by atoms with E-state index in [1.54, 1.807) is 24.3 Å². The van der Waals surface area contributed by atoms with Crippen molar-refractivity contribution in [3.05, 3.63) is 58.1 Å². The SMILES string of the molecule is Cc1ccc(NC(=O)c2ccc3c(c2)N(C)[C@H]2CCCN2C3=O)cc1Cl. The molecule has 26 heavy (non-hydrogen) atoms. The molecule has 2 amide bonds. The second-order valence-electron chi connectivity index (χ2n) is 6.88. The first-order valence-electron chi connectivity index (χ1n) is 8.71. The fraction of sp³-hybridized carbons (Fsp3) is 0.300. The van der Waals surface area contributed by atoms with Crippen LogP contribution in [0.2, 0.25) is 5.02 Å². The number of nitrogens with zero attached hydrogens (tertiary/aromatic N) is 2. The molecule has 0 saturated carbocycles. The molecule has 0 aliphatic carbocycles. The van der Waals surface area contributed by atoms with Crippen molar-refractivity contribution in [2.45, 2.75) is 25.9 Å². The molecule has 0 bridgehead atoms. The summed E-state index contributed by atoms with van der Waals surface area (Å²) < 4.78 is 0. The van der Waals surface area contributed by atoms with Gasteiger partial charge in [-0.25, -0.2) is 0 Å². The minimum absolute atomic E-state index is 0.0536. The van der Waals surface area contributed by atoms with Crippen molar-refractivity contribution < 1.29 is 9.59 Å². The fourth-order valence-electron chi connectivity index (χ4n) is 3.72. The maximum atomic E-state index is 12.7. The summed E-state index contributed by atoms with van der Waals surface area (Å²) in [4.78, 5) is 29.3. The van der Waals surface area contributed by atoms with E-state index in [1.807, 2.05) is 31.0 Å². The van der Waals surface area contributed by atoms with Crippen LogP contribution in [0.4, 0.5) is 11.4 Å². The van der Waals surface area contributed by atoms with Gasteiger partial charge in [0.05, 0.1) is 11.3 Å². The van der Waals surface area contributed by atoms with Gasteiger partial charge in [-0.15, -0.1) is 0 Å². The molecule has 2 heterocycles. The van der Waals surface area contributed by atoms with E-state index in [1.165, 1.54) is 0 Å².